The second-order valence-corrected chi connectivity index (χ2v) is 3.72. The molecule has 0 saturated heterocycles. The van der Waals surface area contributed by atoms with E-state index in [1.807, 2.05) is 48.5 Å². The van der Waals surface area contributed by atoms with Crippen molar-refractivity contribution in [1.82, 2.24) is 0 Å². The highest BCUT2D eigenvalue weighted by Crippen LogP contribution is 2.17. The minimum Gasteiger partial charge on any atom is -0.398 e. The fraction of sp³-hybridized carbons (Fsp3) is 0.0714. The van der Waals surface area contributed by atoms with Crippen LogP contribution in [0.3, 0.4) is 0 Å². The molecule has 0 bridgehead atoms. The summed E-state index contributed by atoms with van der Waals surface area (Å²) in [6.45, 7) is 0.443. The van der Waals surface area contributed by atoms with Crippen LogP contribution in [0.2, 0.25) is 0 Å². The Balaban J connectivity index is 2.28. The van der Waals surface area contributed by atoms with Crippen LogP contribution in [0, 0.1) is 0 Å². The Bertz CT molecular complexity index is 518. The Hall–Kier alpha value is -2.13. The SMILES string of the molecule is NCc1cccc(C=Nc2ccccc2)c1N. The van der Waals surface area contributed by atoms with Crippen LogP contribution in [0.1, 0.15) is 11.1 Å². The number of nitrogen functional groups attached to an aromatic ring is 1. The van der Waals surface area contributed by atoms with Gasteiger partial charge in [-0.25, -0.2) is 0 Å². The van der Waals surface area contributed by atoms with Crippen molar-refractivity contribution in [2.75, 3.05) is 5.73 Å². The summed E-state index contributed by atoms with van der Waals surface area (Å²) in [5.41, 5.74) is 15.0. The zero-order chi connectivity index (χ0) is 12.1. The van der Waals surface area contributed by atoms with Crippen LogP contribution < -0.4 is 11.5 Å². The van der Waals surface area contributed by atoms with Crippen LogP contribution in [0.4, 0.5) is 11.4 Å². The summed E-state index contributed by atoms with van der Waals surface area (Å²) in [5, 5.41) is 0. The predicted molar refractivity (Wildman–Crippen MR) is 72.4 cm³/mol. The van der Waals surface area contributed by atoms with Gasteiger partial charge >= 0.3 is 0 Å². The first-order valence-corrected chi connectivity index (χ1v) is 5.48. The van der Waals surface area contributed by atoms with Gasteiger partial charge in [0, 0.05) is 24.0 Å². The van der Waals surface area contributed by atoms with E-state index >= 15 is 0 Å². The van der Waals surface area contributed by atoms with Crippen molar-refractivity contribution in [1.29, 1.82) is 0 Å². The number of aliphatic imine (C=N–C) groups is 1. The number of hydrogen-bond donors (Lipinski definition) is 2. The summed E-state index contributed by atoms with van der Waals surface area (Å²) in [5.74, 6) is 0. The van der Waals surface area contributed by atoms with Gasteiger partial charge in [0.1, 0.15) is 0 Å². The van der Waals surface area contributed by atoms with Gasteiger partial charge in [0.2, 0.25) is 0 Å². The van der Waals surface area contributed by atoms with Crippen LogP contribution in [-0.4, -0.2) is 6.21 Å². The molecule has 4 N–H and O–H groups in total. The van der Waals surface area contributed by atoms with Gasteiger partial charge < -0.3 is 11.5 Å². The fourth-order valence-corrected chi connectivity index (χ4v) is 1.58. The molecule has 86 valence electrons. The van der Waals surface area contributed by atoms with Crippen molar-refractivity contribution in [3.05, 3.63) is 59.7 Å². The number of rotatable bonds is 3. The monoisotopic (exact) mass is 225 g/mol. The van der Waals surface area contributed by atoms with Gasteiger partial charge in [0.25, 0.3) is 0 Å². The molecule has 0 spiro atoms. The average Bonchev–Trinajstić information content (AvgIpc) is 2.39. The molecule has 2 rings (SSSR count). The quantitative estimate of drug-likeness (QED) is 0.622. The van der Waals surface area contributed by atoms with Crippen molar-refractivity contribution in [3.63, 3.8) is 0 Å². The number of anilines is 1. The normalized spacial score (nSPS) is 10.9. The van der Waals surface area contributed by atoms with E-state index in [2.05, 4.69) is 4.99 Å². The molecule has 0 aromatic heterocycles. The summed E-state index contributed by atoms with van der Waals surface area (Å²) >= 11 is 0. The van der Waals surface area contributed by atoms with Gasteiger partial charge in [-0.2, -0.15) is 0 Å². The highest BCUT2D eigenvalue weighted by atomic mass is 14.7. The molecule has 2 aromatic carbocycles. The highest BCUT2D eigenvalue weighted by molar-refractivity contribution is 5.89. The van der Waals surface area contributed by atoms with Crippen LogP contribution in [0.5, 0.6) is 0 Å². The lowest BCUT2D eigenvalue weighted by Gasteiger charge is -2.05. The first-order valence-electron chi connectivity index (χ1n) is 5.48. The van der Waals surface area contributed by atoms with E-state index in [4.69, 9.17) is 11.5 Å². The molecule has 0 fully saturated rings. The molecular weight excluding hydrogens is 210 g/mol. The smallest absolute Gasteiger partial charge is 0.0629 e. The lowest BCUT2D eigenvalue weighted by atomic mass is 10.1. The highest BCUT2D eigenvalue weighted by Gasteiger charge is 2.00. The second kappa shape index (κ2) is 5.27. The molecule has 0 aliphatic heterocycles. The Morgan fingerprint density at radius 2 is 1.76 bits per heavy atom. The molecule has 0 amide bonds. The minimum absolute atomic E-state index is 0.443. The van der Waals surface area contributed by atoms with Gasteiger partial charge in [-0.3, -0.25) is 4.99 Å². The zero-order valence-electron chi connectivity index (χ0n) is 9.51. The number of benzene rings is 2. The lowest BCUT2D eigenvalue weighted by molar-refractivity contribution is 1.07. The van der Waals surface area contributed by atoms with E-state index < -0.39 is 0 Å². The molecule has 0 saturated carbocycles. The van der Waals surface area contributed by atoms with E-state index in [1.54, 1.807) is 6.21 Å². The number of hydrogen-bond acceptors (Lipinski definition) is 3. The van der Waals surface area contributed by atoms with Gasteiger partial charge in [-0.1, -0.05) is 36.4 Å². The lowest BCUT2D eigenvalue weighted by Crippen LogP contribution is -2.03. The molecule has 0 unspecified atom stereocenters. The van der Waals surface area contributed by atoms with Crippen molar-refractivity contribution in [2.45, 2.75) is 6.54 Å². The van der Waals surface area contributed by atoms with Crippen molar-refractivity contribution < 1.29 is 0 Å². The van der Waals surface area contributed by atoms with E-state index in [0.29, 0.717) is 12.2 Å². The Morgan fingerprint density at radius 1 is 1.00 bits per heavy atom. The third-order valence-electron chi connectivity index (χ3n) is 2.56. The maximum atomic E-state index is 5.99. The predicted octanol–water partition coefficient (Wildman–Crippen LogP) is 2.48. The first kappa shape index (κ1) is 11.4. The maximum absolute atomic E-state index is 5.99. The van der Waals surface area contributed by atoms with Crippen molar-refractivity contribution in [3.8, 4) is 0 Å². The van der Waals surface area contributed by atoms with Crippen molar-refractivity contribution in [2.24, 2.45) is 10.7 Å². The maximum Gasteiger partial charge on any atom is 0.0629 e. The van der Waals surface area contributed by atoms with Crippen LogP contribution >= 0.6 is 0 Å². The number of para-hydroxylation sites is 2. The van der Waals surface area contributed by atoms with Gasteiger partial charge in [-0.05, 0) is 17.7 Å². The molecule has 0 aliphatic rings. The molecule has 0 aliphatic carbocycles. The summed E-state index contributed by atoms with van der Waals surface area (Å²) in [4.78, 5) is 4.37. The van der Waals surface area contributed by atoms with Gasteiger partial charge in [0.15, 0.2) is 0 Å². The third-order valence-corrected chi connectivity index (χ3v) is 2.56. The Kier molecular flexibility index (Phi) is 3.52. The zero-order valence-corrected chi connectivity index (χ0v) is 9.51. The van der Waals surface area contributed by atoms with Crippen LogP contribution in [0.25, 0.3) is 0 Å². The molecule has 3 heteroatoms. The molecule has 0 heterocycles. The minimum atomic E-state index is 0.443. The second-order valence-electron chi connectivity index (χ2n) is 3.72. The van der Waals surface area contributed by atoms with E-state index in [1.165, 1.54) is 0 Å². The van der Waals surface area contributed by atoms with E-state index in [9.17, 15) is 0 Å². The molecule has 3 nitrogen and oxygen atoms in total. The third kappa shape index (κ3) is 2.71. The fourth-order valence-electron chi connectivity index (χ4n) is 1.58. The first-order chi connectivity index (χ1) is 8.31. The molecule has 0 radical (unpaired) electrons. The van der Waals surface area contributed by atoms with Crippen LogP contribution in [-0.2, 0) is 6.54 Å². The summed E-state index contributed by atoms with van der Waals surface area (Å²) < 4.78 is 0. The standard InChI is InChI=1S/C14H15N3/c15-9-11-5-4-6-12(14(11)16)10-17-13-7-2-1-3-8-13/h1-8,10H,9,15-16H2. The van der Waals surface area contributed by atoms with Gasteiger partial charge in [-0.15, -0.1) is 0 Å². The summed E-state index contributed by atoms with van der Waals surface area (Å²) in [7, 11) is 0. The number of nitrogens with two attached hydrogens (primary N) is 2. The summed E-state index contributed by atoms with van der Waals surface area (Å²) in [6.07, 6.45) is 1.77. The largest absolute Gasteiger partial charge is 0.398 e. The topological polar surface area (TPSA) is 64.4 Å². The average molecular weight is 225 g/mol. The molecular formula is C14H15N3. The summed E-state index contributed by atoms with van der Waals surface area (Å²) in [6, 6.07) is 15.5. The Labute approximate surface area is 101 Å². The Morgan fingerprint density at radius 3 is 2.47 bits per heavy atom. The van der Waals surface area contributed by atoms with Crippen molar-refractivity contribution >= 4 is 17.6 Å². The van der Waals surface area contributed by atoms with E-state index in [-0.39, 0.29) is 0 Å². The molecule has 17 heavy (non-hydrogen) atoms. The van der Waals surface area contributed by atoms with Crippen LogP contribution in [0.15, 0.2) is 53.5 Å². The number of nitrogens with zero attached hydrogens (tertiary/aromatic N) is 1. The van der Waals surface area contributed by atoms with E-state index in [0.717, 1.165) is 16.8 Å². The molecule has 0 atom stereocenters. The molecule has 2 aromatic rings. The van der Waals surface area contributed by atoms with Gasteiger partial charge in [0.05, 0.1) is 5.69 Å².